The lowest BCUT2D eigenvalue weighted by Gasteiger charge is -2.12. The fourth-order valence-corrected chi connectivity index (χ4v) is 4.35. The summed E-state index contributed by atoms with van der Waals surface area (Å²) in [5.41, 5.74) is 3.41. The van der Waals surface area contributed by atoms with Crippen molar-refractivity contribution in [3.8, 4) is 0 Å². The zero-order chi connectivity index (χ0) is 23.1. The number of aryl methyl sites for hydroxylation is 2. The summed E-state index contributed by atoms with van der Waals surface area (Å²) >= 11 is 6.17. The SMILES string of the molecule is CCCCc1ccc(NS(=O)(=O)c2ccc(Cl)c(C(=O)NCc3ccc(C)nc3)c2)cc1. The molecule has 0 aliphatic carbocycles. The zero-order valence-corrected chi connectivity index (χ0v) is 19.6. The maximum absolute atomic E-state index is 12.9. The van der Waals surface area contributed by atoms with Gasteiger partial charge in [-0.1, -0.05) is 43.1 Å². The molecule has 0 radical (unpaired) electrons. The zero-order valence-electron chi connectivity index (χ0n) is 18.1. The Balaban J connectivity index is 1.72. The number of nitrogens with one attached hydrogen (secondary N) is 2. The largest absolute Gasteiger partial charge is 0.348 e. The number of nitrogens with zero attached hydrogens (tertiary/aromatic N) is 1. The Hall–Kier alpha value is -2.90. The molecular weight excluding hydrogens is 446 g/mol. The smallest absolute Gasteiger partial charge is 0.261 e. The molecule has 0 aliphatic rings. The van der Waals surface area contributed by atoms with Crippen LogP contribution in [0.2, 0.25) is 5.02 Å². The molecule has 32 heavy (non-hydrogen) atoms. The number of sulfonamides is 1. The summed E-state index contributed by atoms with van der Waals surface area (Å²) in [6.45, 7) is 4.26. The fraction of sp³-hybridized carbons (Fsp3) is 0.250. The van der Waals surface area contributed by atoms with Crippen molar-refractivity contribution in [1.82, 2.24) is 10.3 Å². The van der Waals surface area contributed by atoms with Gasteiger partial charge >= 0.3 is 0 Å². The molecule has 0 bridgehead atoms. The highest BCUT2D eigenvalue weighted by atomic mass is 35.5. The number of carbonyl (C=O) groups excluding carboxylic acids is 1. The first-order valence-corrected chi connectivity index (χ1v) is 12.3. The van der Waals surface area contributed by atoms with Gasteiger partial charge in [0, 0.05) is 24.1 Å². The third kappa shape index (κ3) is 6.31. The van der Waals surface area contributed by atoms with E-state index in [1.54, 1.807) is 18.3 Å². The number of unbranched alkanes of at least 4 members (excludes halogenated alkanes) is 1. The summed E-state index contributed by atoms with van der Waals surface area (Å²) in [6, 6.07) is 15.1. The van der Waals surface area contributed by atoms with Gasteiger partial charge in [-0.15, -0.1) is 0 Å². The van der Waals surface area contributed by atoms with Gasteiger partial charge in [0.1, 0.15) is 0 Å². The number of hydrogen-bond acceptors (Lipinski definition) is 4. The molecule has 8 heteroatoms. The average molecular weight is 472 g/mol. The van der Waals surface area contributed by atoms with Gasteiger partial charge in [0.15, 0.2) is 0 Å². The van der Waals surface area contributed by atoms with E-state index < -0.39 is 15.9 Å². The van der Waals surface area contributed by atoms with Crippen LogP contribution in [0.4, 0.5) is 5.69 Å². The molecule has 0 aliphatic heterocycles. The number of benzene rings is 2. The Labute approximate surface area is 194 Å². The van der Waals surface area contributed by atoms with Crippen molar-refractivity contribution in [3.05, 3.63) is 88.2 Å². The molecule has 0 saturated heterocycles. The van der Waals surface area contributed by atoms with Gasteiger partial charge in [0.2, 0.25) is 0 Å². The molecule has 2 N–H and O–H groups in total. The first-order chi connectivity index (χ1) is 15.3. The molecule has 1 amide bonds. The van der Waals surface area contributed by atoms with E-state index in [2.05, 4.69) is 21.9 Å². The standard InChI is InChI=1S/C24H26ClN3O3S/c1-3-4-5-18-8-10-20(11-9-18)28-32(30,31)21-12-13-23(25)22(14-21)24(29)27-16-19-7-6-17(2)26-15-19/h6-15,28H,3-5,16H2,1-2H3,(H,27,29). The van der Waals surface area contributed by atoms with Crippen molar-refractivity contribution in [3.63, 3.8) is 0 Å². The maximum atomic E-state index is 12.9. The van der Waals surface area contributed by atoms with Crippen LogP contribution in [0.25, 0.3) is 0 Å². The number of halogens is 1. The van der Waals surface area contributed by atoms with Crippen molar-refractivity contribution in [2.45, 2.75) is 44.6 Å². The fourth-order valence-electron chi connectivity index (χ4n) is 3.06. The molecule has 0 spiro atoms. The van der Waals surface area contributed by atoms with Gasteiger partial charge in [-0.25, -0.2) is 8.42 Å². The first-order valence-electron chi connectivity index (χ1n) is 10.4. The minimum atomic E-state index is -3.89. The van der Waals surface area contributed by atoms with Gasteiger partial charge < -0.3 is 5.32 Å². The van der Waals surface area contributed by atoms with Crippen molar-refractivity contribution in [2.24, 2.45) is 0 Å². The number of pyridine rings is 1. The van der Waals surface area contributed by atoms with E-state index in [4.69, 9.17) is 11.6 Å². The lowest BCUT2D eigenvalue weighted by molar-refractivity contribution is 0.0951. The Morgan fingerprint density at radius 2 is 1.75 bits per heavy atom. The molecule has 2 aromatic carbocycles. The second-order valence-electron chi connectivity index (χ2n) is 7.54. The minimum absolute atomic E-state index is 0.0425. The quantitative estimate of drug-likeness (QED) is 0.453. The van der Waals surface area contributed by atoms with Crippen molar-refractivity contribution in [1.29, 1.82) is 0 Å². The second kappa shape index (κ2) is 10.6. The van der Waals surface area contributed by atoms with Crippen LogP contribution in [-0.2, 0) is 23.0 Å². The van der Waals surface area contributed by atoms with E-state index in [-0.39, 0.29) is 22.0 Å². The average Bonchev–Trinajstić information content (AvgIpc) is 2.78. The Kier molecular flexibility index (Phi) is 7.88. The Morgan fingerprint density at radius 1 is 1.03 bits per heavy atom. The van der Waals surface area contributed by atoms with E-state index in [0.29, 0.717) is 5.69 Å². The van der Waals surface area contributed by atoms with Crippen LogP contribution >= 0.6 is 11.6 Å². The van der Waals surface area contributed by atoms with Crippen molar-refractivity contribution < 1.29 is 13.2 Å². The third-order valence-electron chi connectivity index (χ3n) is 4.94. The monoisotopic (exact) mass is 471 g/mol. The molecule has 3 aromatic rings. The molecule has 0 fully saturated rings. The molecule has 0 atom stereocenters. The Bertz CT molecular complexity index is 1180. The predicted octanol–water partition coefficient (Wildman–Crippen LogP) is 5.12. The van der Waals surface area contributed by atoms with Crippen molar-refractivity contribution >= 4 is 33.2 Å². The summed E-state index contributed by atoms with van der Waals surface area (Å²) in [4.78, 5) is 16.8. The van der Waals surface area contributed by atoms with Gasteiger partial charge in [-0.3, -0.25) is 14.5 Å². The van der Waals surface area contributed by atoms with Gasteiger partial charge in [0.25, 0.3) is 15.9 Å². The van der Waals surface area contributed by atoms with Gasteiger partial charge in [0.05, 0.1) is 15.5 Å². The number of hydrogen-bond donors (Lipinski definition) is 2. The number of amides is 1. The topological polar surface area (TPSA) is 88.2 Å². The summed E-state index contributed by atoms with van der Waals surface area (Å²) in [6.07, 6.45) is 4.82. The van der Waals surface area contributed by atoms with Crippen LogP contribution in [-0.4, -0.2) is 19.3 Å². The predicted molar refractivity (Wildman–Crippen MR) is 127 cm³/mol. The van der Waals surface area contributed by atoms with E-state index in [1.807, 2.05) is 31.2 Å². The summed E-state index contributed by atoms with van der Waals surface area (Å²) in [5.74, 6) is -0.465. The summed E-state index contributed by atoms with van der Waals surface area (Å²) < 4.78 is 28.3. The number of carbonyl (C=O) groups is 1. The molecule has 1 heterocycles. The first kappa shape index (κ1) is 23.8. The summed E-state index contributed by atoms with van der Waals surface area (Å²) in [7, 11) is -3.89. The molecule has 168 valence electrons. The number of rotatable bonds is 9. The van der Waals surface area contributed by atoms with Crippen LogP contribution in [0.5, 0.6) is 0 Å². The maximum Gasteiger partial charge on any atom is 0.261 e. The molecule has 1 aromatic heterocycles. The second-order valence-corrected chi connectivity index (χ2v) is 9.63. The minimum Gasteiger partial charge on any atom is -0.348 e. The Morgan fingerprint density at radius 3 is 2.41 bits per heavy atom. The highest BCUT2D eigenvalue weighted by Gasteiger charge is 2.19. The van der Waals surface area contributed by atoms with Crippen LogP contribution in [0, 0.1) is 6.92 Å². The van der Waals surface area contributed by atoms with Crippen molar-refractivity contribution in [2.75, 3.05) is 4.72 Å². The number of anilines is 1. The van der Waals surface area contributed by atoms with E-state index in [9.17, 15) is 13.2 Å². The summed E-state index contributed by atoms with van der Waals surface area (Å²) in [5, 5.41) is 2.92. The van der Waals surface area contributed by atoms with Crippen LogP contribution < -0.4 is 10.0 Å². The molecule has 6 nitrogen and oxygen atoms in total. The lowest BCUT2D eigenvalue weighted by atomic mass is 10.1. The van der Waals surface area contributed by atoms with E-state index in [1.165, 1.54) is 18.2 Å². The number of aromatic nitrogens is 1. The molecule has 3 rings (SSSR count). The van der Waals surface area contributed by atoms with Gasteiger partial charge in [-0.2, -0.15) is 0 Å². The van der Waals surface area contributed by atoms with Gasteiger partial charge in [-0.05, 0) is 67.3 Å². The molecule has 0 saturated carbocycles. The lowest BCUT2D eigenvalue weighted by Crippen LogP contribution is -2.24. The van der Waals surface area contributed by atoms with Crippen LogP contribution in [0.15, 0.2) is 65.7 Å². The highest BCUT2D eigenvalue weighted by molar-refractivity contribution is 7.92. The normalized spacial score (nSPS) is 11.2. The van der Waals surface area contributed by atoms with Crippen LogP contribution in [0.1, 0.15) is 46.9 Å². The van der Waals surface area contributed by atoms with E-state index in [0.717, 1.165) is 36.1 Å². The molecular formula is C24H26ClN3O3S. The third-order valence-corrected chi connectivity index (χ3v) is 6.65. The van der Waals surface area contributed by atoms with E-state index >= 15 is 0 Å². The highest BCUT2D eigenvalue weighted by Crippen LogP contribution is 2.23. The van der Waals surface area contributed by atoms with Crippen LogP contribution in [0.3, 0.4) is 0 Å². The molecule has 0 unspecified atom stereocenters.